The fraction of sp³-hybridized carbons (Fsp3) is 0.444. The van der Waals surface area contributed by atoms with Crippen molar-refractivity contribution in [3.05, 3.63) is 29.8 Å². The van der Waals surface area contributed by atoms with Gasteiger partial charge in [0.15, 0.2) is 4.34 Å². The Kier molecular flexibility index (Phi) is 6.62. The Hall–Kier alpha value is -2.11. The third-order valence-electron chi connectivity index (χ3n) is 4.21. The van der Waals surface area contributed by atoms with E-state index in [-0.39, 0.29) is 17.1 Å². The maximum absolute atomic E-state index is 12.4. The number of carbonyl (C=O) groups is 1. The van der Waals surface area contributed by atoms with Crippen LogP contribution in [0.2, 0.25) is 0 Å². The summed E-state index contributed by atoms with van der Waals surface area (Å²) < 4.78 is 0.701. The van der Waals surface area contributed by atoms with Crippen molar-refractivity contribution < 1.29 is 4.79 Å². The van der Waals surface area contributed by atoms with E-state index in [4.69, 9.17) is 0 Å². The number of aromatic nitrogens is 2. The Morgan fingerprint density at radius 2 is 2.00 bits per heavy atom. The quantitative estimate of drug-likeness (QED) is 0.692. The largest absolute Gasteiger partial charge is 0.337 e. The first-order valence-corrected chi connectivity index (χ1v) is 10.0. The van der Waals surface area contributed by atoms with Crippen LogP contribution >= 0.6 is 23.1 Å². The van der Waals surface area contributed by atoms with Crippen LogP contribution in [0, 0.1) is 24.2 Å². The van der Waals surface area contributed by atoms with Crippen LogP contribution in [0.15, 0.2) is 28.6 Å². The summed E-state index contributed by atoms with van der Waals surface area (Å²) in [7, 11) is 0. The molecule has 2 N–H and O–H groups in total. The van der Waals surface area contributed by atoms with Crippen LogP contribution in [0.25, 0.3) is 0 Å². The summed E-state index contributed by atoms with van der Waals surface area (Å²) in [6.45, 7) is 9.38. The van der Waals surface area contributed by atoms with Crippen LogP contribution in [0.3, 0.4) is 0 Å². The number of benzene rings is 1. The van der Waals surface area contributed by atoms with Gasteiger partial charge in [-0.25, -0.2) is 0 Å². The Labute approximate surface area is 162 Å². The second-order valence-corrected chi connectivity index (χ2v) is 9.10. The number of nitrogens with zero attached hydrogens (tertiary/aromatic N) is 3. The van der Waals surface area contributed by atoms with Crippen molar-refractivity contribution in [2.24, 2.45) is 5.92 Å². The van der Waals surface area contributed by atoms with Gasteiger partial charge in [-0.05, 0) is 38.3 Å². The predicted molar refractivity (Wildman–Crippen MR) is 107 cm³/mol. The van der Waals surface area contributed by atoms with Crippen LogP contribution in [-0.4, -0.2) is 26.9 Å². The lowest BCUT2D eigenvalue weighted by molar-refractivity contribution is -0.121. The van der Waals surface area contributed by atoms with Crippen molar-refractivity contribution >= 4 is 39.8 Å². The van der Waals surface area contributed by atoms with Gasteiger partial charge in [-0.15, -0.1) is 10.2 Å². The first-order valence-electron chi connectivity index (χ1n) is 8.31. The van der Waals surface area contributed by atoms with E-state index in [0.717, 1.165) is 11.3 Å². The number of nitriles is 1. The van der Waals surface area contributed by atoms with Crippen molar-refractivity contribution in [3.63, 3.8) is 0 Å². The number of carbonyl (C=O) groups excluding carboxylic acids is 1. The van der Waals surface area contributed by atoms with Gasteiger partial charge in [-0.1, -0.05) is 55.1 Å². The van der Waals surface area contributed by atoms with Gasteiger partial charge in [0, 0.05) is 5.69 Å². The minimum absolute atomic E-state index is 0.0140. The summed E-state index contributed by atoms with van der Waals surface area (Å²) in [5.74, 6) is -0.170. The molecule has 0 unspecified atom stereocenters. The van der Waals surface area contributed by atoms with Crippen molar-refractivity contribution in [2.75, 3.05) is 5.32 Å². The number of anilines is 2. The standard InChI is InChI=1S/C18H23N5OS2/c1-11(2)18(5,10-19)21-15(24)13(4)25-17-23-22-16(26-17)20-14-9-7-6-8-12(14)3/h6-9,11,13H,1-5H3,(H,20,22)(H,21,24)/t13-,18-/m1/s1. The number of nitrogens with one attached hydrogen (secondary N) is 2. The van der Waals surface area contributed by atoms with Gasteiger partial charge >= 0.3 is 0 Å². The summed E-state index contributed by atoms with van der Waals surface area (Å²) in [5, 5.41) is 24.0. The molecule has 2 aromatic rings. The SMILES string of the molecule is Cc1ccccc1Nc1nnc(S[C@H](C)C(=O)N[C@](C)(C#N)C(C)C)s1. The molecule has 1 aromatic carbocycles. The van der Waals surface area contributed by atoms with Crippen molar-refractivity contribution in [3.8, 4) is 6.07 Å². The molecule has 138 valence electrons. The average molecular weight is 390 g/mol. The average Bonchev–Trinajstić information content (AvgIpc) is 3.03. The number of rotatable bonds is 7. The Morgan fingerprint density at radius 3 is 2.62 bits per heavy atom. The zero-order valence-corrected chi connectivity index (χ0v) is 17.2. The van der Waals surface area contributed by atoms with Crippen molar-refractivity contribution in [2.45, 2.75) is 49.7 Å². The molecule has 26 heavy (non-hydrogen) atoms. The second-order valence-electron chi connectivity index (χ2n) is 6.53. The molecular formula is C18H23N5OS2. The smallest absolute Gasteiger partial charge is 0.234 e. The fourth-order valence-electron chi connectivity index (χ4n) is 2.00. The molecule has 0 bridgehead atoms. The topological polar surface area (TPSA) is 90.7 Å². The molecular weight excluding hydrogens is 366 g/mol. The van der Waals surface area contributed by atoms with E-state index in [9.17, 15) is 10.1 Å². The highest BCUT2D eigenvalue weighted by Crippen LogP contribution is 2.31. The summed E-state index contributed by atoms with van der Waals surface area (Å²) in [6.07, 6.45) is 0. The highest BCUT2D eigenvalue weighted by atomic mass is 32.2. The highest BCUT2D eigenvalue weighted by Gasteiger charge is 2.32. The number of hydrogen-bond acceptors (Lipinski definition) is 7. The fourth-order valence-corrected chi connectivity index (χ4v) is 3.91. The molecule has 1 heterocycles. The Morgan fingerprint density at radius 1 is 1.31 bits per heavy atom. The van der Waals surface area contributed by atoms with Gasteiger partial charge in [0.2, 0.25) is 11.0 Å². The summed E-state index contributed by atoms with van der Waals surface area (Å²) in [4.78, 5) is 12.4. The summed E-state index contributed by atoms with van der Waals surface area (Å²) >= 11 is 2.73. The van der Waals surface area contributed by atoms with Crippen LogP contribution in [0.5, 0.6) is 0 Å². The Balaban J connectivity index is 1.99. The minimum Gasteiger partial charge on any atom is -0.337 e. The van der Waals surface area contributed by atoms with Gasteiger partial charge in [0.1, 0.15) is 5.54 Å². The highest BCUT2D eigenvalue weighted by molar-refractivity contribution is 8.02. The molecule has 0 fully saturated rings. The van der Waals surface area contributed by atoms with E-state index in [0.29, 0.717) is 9.47 Å². The Bertz CT molecular complexity index is 814. The molecule has 0 aliphatic carbocycles. The molecule has 2 atom stereocenters. The predicted octanol–water partition coefficient (Wildman–Crippen LogP) is 4.13. The molecule has 0 spiro atoms. The molecule has 0 aliphatic rings. The van der Waals surface area contributed by atoms with E-state index in [1.807, 2.05) is 45.0 Å². The van der Waals surface area contributed by atoms with Crippen LogP contribution in [0.1, 0.15) is 33.3 Å². The molecule has 0 saturated carbocycles. The number of thioether (sulfide) groups is 1. The normalized spacial score (nSPS) is 14.3. The molecule has 0 radical (unpaired) electrons. The first-order chi connectivity index (χ1) is 12.2. The third kappa shape index (κ3) is 4.96. The molecule has 0 aliphatic heterocycles. The van der Waals surface area contributed by atoms with E-state index < -0.39 is 5.54 Å². The lowest BCUT2D eigenvalue weighted by Gasteiger charge is -2.28. The zero-order valence-electron chi connectivity index (χ0n) is 15.5. The van der Waals surface area contributed by atoms with Gasteiger partial charge in [0.05, 0.1) is 11.3 Å². The van der Waals surface area contributed by atoms with Gasteiger partial charge in [-0.2, -0.15) is 5.26 Å². The maximum Gasteiger partial charge on any atom is 0.234 e. The zero-order chi connectivity index (χ0) is 19.3. The molecule has 1 aromatic heterocycles. The lowest BCUT2D eigenvalue weighted by Crippen LogP contribution is -2.51. The monoisotopic (exact) mass is 389 g/mol. The van der Waals surface area contributed by atoms with E-state index in [1.165, 1.54) is 23.1 Å². The van der Waals surface area contributed by atoms with Crippen LogP contribution in [0.4, 0.5) is 10.8 Å². The van der Waals surface area contributed by atoms with E-state index >= 15 is 0 Å². The summed E-state index contributed by atoms with van der Waals surface area (Å²) in [6, 6.07) is 10.1. The number of aryl methyl sites for hydroxylation is 1. The first kappa shape index (κ1) is 20.2. The number of para-hydroxylation sites is 1. The van der Waals surface area contributed by atoms with E-state index in [1.54, 1.807) is 13.8 Å². The minimum atomic E-state index is -0.884. The molecule has 1 amide bonds. The van der Waals surface area contributed by atoms with Crippen molar-refractivity contribution in [1.29, 1.82) is 5.26 Å². The molecule has 8 heteroatoms. The number of hydrogen-bond donors (Lipinski definition) is 2. The van der Waals surface area contributed by atoms with Gasteiger partial charge in [0.25, 0.3) is 0 Å². The van der Waals surface area contributed by atoms with Crippen molar-refractivity contribution in [1.82, 2.24) is 15.5 Å². The van der Waals surface area contributed by atoms with Crippen LogP contribution < -0.4 is 10.6 Å². The molecule has 6 nitrogen and oxygen atoms in total. The number of amides is 1. The van der Waals surface area contributed by atoms with Gasteiger partial charge in [-0.3, -0.25) is 4.79 Å². The lowest BCUT2D eigenvalue weighted by atomic mass is 9.90. The van der Waals surface area contributed by atoms with Crippen LogP contribution in [-0.2, 0) is 4.79 Å². The maximum atomic E-state index is 12.4. The third-order valence-corrected chi connectivity index (χ3v) is 6.23. The van der Waals surface area contributed by atoms with E-state index in [2.05, 4.69) is 26.9 Å². The van der Waals surface area contributed by atoms with Gasteiger partial charge < -0.3 is 10.6 Å². The molecule has 2 rings (SSSR count). The second kappa shape index (κ2) is 8.52. The molecule has 0 saturated heterocycles. The summed E-state index contributed by atoms with van der Waals surface area (Å²) in [5.41, 5.74) is 1.21.